The van der Waals surface area contributed by atoms with Crippen LogP contribution < -0.4 is 11.1 Å². The molecule has 27 heavy (non-hydrogen) atoms. The van der Waals surface area contributed by atoms with Crippen molar-refractivity contribution >= 4 is 28.2 Å². The van der Waals surface area contributed by atoms with Crippen LogP contribution in [0.2, 0.25) is 0 Å². The summed E-state index contributed by atoms with van der Waals surface area (Å²) >= 11 is 1.52. The molecule has 4 rings (SSSR count). The number of primary amides is 1. The summed E-state index contributed by atoms with van der Waals surface area (Å²) in [4.78, 5) is 28.2. The normalized spacial score (nSPS) is 19.8. The number of rotatable bonds is 5. The Morgan fingerprint density at radius 1 is 1.30 bits per heavy atom. The van der Waals surface area contributed by atoms with Gasteiger partial charge in [-0.1, -0.05) is 0 Å². The van der Waals surface area contributed by atoms with Crippen molar-refractivity contribution in [3.63, 3.8) is 0 Å². The highest BCUT2D eigenvalue weighted by Gasteiger charge is 2.30. The highest BCUT2D eigenvalue weighted by Crippen LogP contribution is 2.38. The van der Waals surface area contributed by atoms with Crippen molar-refractivity contribution in [1.29, 1.82) is 0 Å². The van der Waals surface area contributed by atoms with Crippen LogP contribution >= 0.6 is 11.3 Å². The van der Waals surface area contributed by atoms with Gasteiger partial charge in [0.1, 0.15) is 5.00 Å². The highest BCUT2D eigenvalue weighted by atomic mass is 32.1. The van der Waals surface area contributed by atoms with Gasteiger partial charge in [-0.3, -0.25) is 14.5 Å². The molecule has 6 nitrogen and oxygen atoms in total. The number of nitrogens with two attached hydrogens (primary N) is 1. The average Bonchev–Trinajstić information content (AvgIpc) is 3.32. The summed E-state index contributed by atoms with van der Waals surface area (Å²) in [5, 5.41) is 3.62. The molecule has 0 radical (unpaired) electrons. The van der Waals surface area contributed by atoms with E-state index in [1.54, 1.807) is 0 Å². The lowest BCUT2D eigenvalue weighted by molar-refractivity contribution is -0.117. The molecule has 1 aliphatic carbocycles. The van der Waals surface area contributed by atoms with Crippen molar-refractivity contribution in [2.75, 3.05) is 18.4 Å². The van der Waals surface area contributed by atoms with Crippen LogP contribution in [-0.4, -0.2) is 34.4 Å². The molecule has 144 valence electrons. The Hall–Kier alpha value is -2.12. The van der Waals surface area contributed by atoms with E-state index in [0.29, 0.717) is 17.1 Å². The molecule has 7 heteroatoms. The predicted octanol–water partition coefficient (Wildman–Crippen LogP) is 2.84. The number of amides is 2. The van der Waals surface area contributed by atoms with Crippen LogP contribution in [0.3, 0.4) is 0 Å². The molecule has 1 saturated heterocycles. The second-order valence-corrected chi connectivity index (χ2v) is 8.61. The fourth-order valence-electron chi connectivity index (χ4n) is 4.44. The van der Waals surface area contributed by atoms with Gasteiger partial charge in [0.15, 0.2) is 0 Å². The van der Waals surface area contributed by atoms with E-state index in [9.17, 15) is 9.59 Å². The summed E-state index contributed by atoms with van der Waals surface area (Å²) in [7, 11) is 2.04. The quantitative estimate of drug-likeness (QED) is 0.829. The van der Waals surface area contributed by atoms with Crippen molar-refractivity contribution < 1.29 is 9.59 Å². The number of nitrogens with one attached hydrogen (secondary N) is 1. The van der Waals surface area contributed by atoms with E-state index in [1.807, 2.05) is 19.3 Å². The first-order valence-corrected chi connectivity index (χ1v) is 10.5. The van der Waals surface area contributed by atoms with Gasteiger partial charge < -0.3 is 15.6 Å². The highest BCUT2D eigenvalue weighted by molar-refractivity contribution is 7.17. The van der Waals surface area contributed by atoms with E-state index in [2.05, 4.69) is 20.9 Å². The second-order valence-electron chi connectivity index (χ2n) is 7.50. The molecule has 2 aromatic rings. The van der Waals surface area contributed by atoms with Crippen LogP contribution in [0.5, 0.6) is 0 Å². The van der Waals surface area contributed by atoms with Crippen LogP contribution in [0, 0.1) is 0 Å². The van der Waals surface area contributed by atoms with Crippen molar-refractivity contribution in [2.45, 2.75) is 44.6 Å². The largest absolute Gasteiger partial charge is 0.365 e. The predicted molar refractivity (Wildman–Crippen MR) is 107 cm³/mol. The SMILES string of the molecule is Cn1cccc1[C@@H]1CCCN1CC(=O)Nc1sc2c(c1C(N)=O)CCCC2. The Morgan fingerprint density at radius 3 is 2.85 bits per heavy atom. The molecule has 2 aliphatic rings. The number of anilines is 1. The molecule has 1 atom stereocenters. The molecule has 3 heterocycles. The minimum absolute atomic E-state index is 0.0720. The number of hydrogen-bond acceptors (Lipinski definition) is 4. The molecule has 0 aromatic carbocycles. The summed E-state index contributed by atoms with van der Waals surface area (Å²) in [6.07, 6.45) is 8.24. The lowest BCUT2D eigenvalue weighted by atomic mass is 9.95. The lowest BCUT2D eigenvalue weighted by Crippen LogP contribution is -2.33. The fourth-order valence-corrected chi connectivity index (χ4v) is 5.75. The summed E-state index contributed by atoms with van der Waals surface area (Å²) in [6.45, 7) is 1.24. The van der Waals surface area contributed by atoms with E-state index in [-0.39, 0.29) is 11.9 Å². The molecule has 0 unspecified atom stereocenters. The van der Waals surface area contributed by atoms with Gasteiger partial charge in [0.25, 0.3) is 5.91 Å². The van der Waals surface area contributed by atoms with Gasteiger partial charge in [-0.25, -0.2) is 0 Å². The molecule has 1 fully saturated rings. The number of thiophene rings is 1. The van der Waals surface area contributed by atoms with Gasteiger partial charge in [-0.15, -0.1) is 11.3 Å². The van der Waals surface area contributed by atoms with Crippen molar-refractivity contribution in [3.8, 4) is 0 Å². The average molecular weight is 387 g/mol. The molecule has 2 amide bonds. The summed E-state index contributed by atoms with van der Waals surface area (Å²) in [5.74, 6) is -0.509. The lowest BCUT2D eigenvalue weighted by Gasteiger charge is -2.24. The minimum atomic E-state index is -0.437. The maximum atomic E-state index is 12.8. The Balaban J connectivity index is 1.49. The molecular weight excluding hydrogens is 360 g/mol. The number of nitrogens with zero attached hydrogens (tertiary/aromatic N) is 2. The molecule has 0 spiro atoms. The summed E-state index contributed by atoms with van der Waals surface area (Å²) in [6, 6.07) is 4.43. The fraction of sp³-hybridized carbons (Fsp3) is 0.500. The Morgan fingerprint density at radius 2 is 2.11 bits per heavy atom. The number of fused-ring (bicyclic) bond motifs is 1. The van der Waals surface area contributed by atoms with E-state index >= 15 is 0 Å². The summed E-state index contributed by atoms with van der Waals surface area (Å²) < 4.78 is 2.12. The molecule has 1 aliphatic heterocycles. The van der Waals surface area contributed by atoms with Gasteiger partial charge in [-0.2, -0.15) is 0 Å². The Bertz CT molecular complexity index is 869. The van der Waals surface area contributed by atoms with E-state index in [4.69, 9.17) is 5.73 Å². The van der Waals surface area contributed by atoms with Gasteiger partial charge in [0.2, 0.25) is 5.91 Å². The number of hydrogen-bond donors (Lipinski definition) is 2. The van der Waals surface area contributed by atoms with Crippen molar-refractivity contribution in [2.24, 2.45) is 12.8 Å². The molecule has 2 aromatic heterocycles. The van der Waals surface area contributed by atoms with E-state index < -0.39 is 5.91 Å². The van der Waals surface area contributed by atoms with E-state index in [0.717, 1.165) is 50.6 Å². The number of carbonyl (C=O) groups excluding carboxylic acids is 2. The van der Waals surface area contributed by atoms with Crippen LogP contribution in [0.1, 0.15) is 58.2 Å². The van der Waals surface area contributed by atoms with Crippen LogP contribution in [0.15, 0.2) is 18.3 Å². The zero-order chi connectivity index (χ0) is 19.0. The topological polar surface area (TPSA) is 80.4 Å². The first-order chi connectivity index (χ1) is 13.0. The standard InChI is InChI=1S/C20H26N4O2S/c1-23-10-4-7-14(23)15-8-5-11-24(15)12-17(25)22-20-18(19(21)26)13-6-2-3-9-16(13)27-20/h4,7,10,15H,2-3,5-6,8-9,11-12H2,1H3,(H2,21,26)(H,22,25)/t15-/m0/s1. The van der Waals surface area contributed by atoms with Crippen molar-refractivity contribution in [3.05, 3.63) is 40.0 Å². The maximum absolute atomic E-state index is 12.8. The maximum Gasteiger partial charge on any atom is 0.251 e. The second kappa shape index (κ2) is 7.48. The number of aromatic nitrogens is 1. The number of carbonyl (C=O) groups is 2. The van der Waals surface area contributed by atoms with Crippen LogP contribution in [0.25, 0.3) is 0 Å². The van der Waals surface area contributed by atoms with Crippen molar-refractivity contribution in [1.82, 2.24) is 9.47 Å². The smallest absolute Gasteiger partial charge is 0.251 e. The first-order valence-electron chi connectivity index (χ1n) is 9.64. The van der Waals surface area contributed by atoms with Gasteiger partial charge in [-0.05, 0) is 62.8 Å². The monoisotopic (exact) mass is 386 g/mol. The zero-order valence-electron chi connectivity index (χ0n) is 15.7. The molecule has 3 N–H and O–H groups in total. The molecule has 0 bridgehead atoms. The van der Waals surface area contributed by atoms with Crippen LogP contribution in [0.4, 0.5) is 5.00 Å². The van der Waals surface area contributed by atoms with Gasteiger partial charge in [0.05, 0.1) is 18.2 Å². The Labute approximate surface area is 163 Å². The zero-order valence-corrected chi connectivity index (χ0v) is 16.5. The number of likely N-dealkylation sites (tertiary alicyclic amines) is 1. The van der Waals surface area contributed by atoms with E-state index in [1.165, 1.54) is 21.9 Å². The third-order valence-electron chi connectivity index (χ3n) is 5.71. The van der Waals surface area contributed by atoms with Crippen LogP contribution in [-0.2, 0) is 24.7 Å². The first kappa shape index (κ1) is 18.3. The molecule has 0 saturated carbocycles. The minimum Gasteiger partial charge on any atom is -0.365 e. The third kappa shape index (κ3) is 3.53. The molecular formula is C20H26N4O2S. The van der Waals surface area contributed by atoms with Gasteiger partial charge in [0, 0.05) is 23.8 Å². The number of aryl methyl sites for hydroxylation is 2. The Kier molecular flexibility index (Phi) is 5.06. The van der Waals surface area contributed by atoms with Gasteiger partial charge >= 0.3 is 0 Å². The summed E-state index contributed by atoms with van der Waals surface area (Å²) in [5.41, 5.74) is 8.45. The third-order valence-corrected chi connectivity index (χ3v) is 6.91.